The number of hydrogen-bond acceptors (Lipinski definition) is 3. The van der Waals surface area contributed by atoms with Crippen LogP contribution in [0.25, 0.3) is 0 Å². The maximum absolute atomic E-state index is 11.4. The molecule has 0 unspecified atom stereocenters. The molecule has 82 valence electrons. The zero-order valence-electron chi connectivity index (χ0n) is 9.18. The Labute approximate surface area is 97.5 Å². The first-order valence-electron chi connectivity index (χ1n) is 4.45. The van der Waals surface area contributed by atoms with Crippen molar-refractivity contribution >= 4 is 21.7 Å². The molecule has 1 aromatic carbocycles. The van der Waals surface area contributed by atoms with E-state index in [4.69, 9.17) is 9.47 Å². The maximum atomic E-state index is 11.4. The number of carbonyl (C=O) groups excluding carboxylic acids is 1. The van der Waals surface area contributed by atoms with E-state index in [-0.39, 0.29) is 5.78 Å². The minimum atomic E-state index is -0.0501. The molecule has 0 heterocycles. The number of methoxy groups -OCH3 is 2. The molecule has 0 aliphatic carbocycles. The Hall–Kier alpha value is -1.03. The van der Waals surface area contributed by atoms with Crippen molar-refractivity contribution in [2.75, 3.05) is 14.2 Å². The first-order valence-corrected chi connectivity index (χ1v) is 5.24. The van der Waals surface area contributed by atoms with E-state index in [2.05, 4.69) is 15.9 Å². The SMILES string of the molecule is COc1c(C(C)=O)cc(Br)c(C)c1OC. The van der Waals surface area contributed by atoms with E-state index >= 15 is 0 Å². The molecular formula is C11H13BrO3. The van der Waals surface area contributed by atoms with Gasteiger partial charge in [-0.15, -0.1) is 0 Å². The number of Topliss-reactive ketones (excluding diaryl/α,β-unsaturated/α-hetero) is 1. The van der Waals surface area contributed by atoms with Crippen molar-refractivity contribution < 1.29 is 14.3 Å². The first kappa shape index (κ1) is 12.0. The van der Waals surface area contributed by atoms with Gasteiger partial charge in [-0.1, -0.05) is 15.9 Å². The predicted molar refractivity (Wildman–Crippen MR) is 62.0 cm³/mol. The van der Waals surface area contributed by atoms with Gasteiger partial charge in [0, 0.05) is 10.0 Å². The van der Waals surface area contributed by atoms with E-state index in [1.165, 1.54) is 14.0 Å². The van der Waals surface area contributed by atoms with E-state index in [9.17, 15) is 4.79 Å². The Morgan fingerprint density at radius 2 is 1.80 bits per heavy atom. The fourth-order valence-electron chi connectivity index (χ4n) is 1.41. The van der Waals surface area contributed by atoms with E-state index < -0.39 is 0 Å². The van der Waals surface area contributed by atoms with Gasteiger partial charge >= 0.3 is 0 Å². The van der Waals surface area contributed by atoms with Crippen LogP contribution >= 0.6 is 15.9 Å². The van der Waals surface area contributed by atoms with Crippen LogP contribution in [0.15, 0.2) is 10.5 Å². The topological polar surface area (TPSA) is 35.5 Å². The number of hydrogen-bond donors (Lipinski definition) is 0. The van der Waals surface area contributed by atoms with E-state index in [0.717, 1.165) is 10.0 Å². The third kappa shape index (κ3) is 2.15. The molecule has 0 N–H and O–H groups in total. The van der Waals surface area contributed by atoms with E-state index in [0.29, 0.717) is 17.1 Å². The maximum Gasteiger partial charge on any atom is 0.171 e. The minimum absolute atomic E-state index is 0.0501. The van der Waals surface area contributed by atoms with Gasteiger partial charge in [0.2, 0.25) is 0 Å². The average Bonchev–Trinajstić information content (AvgIpc) is 2.20. The monoisotopic (exact) mass is 272 g/mol. The fraction of sp³-hybridized carbons (Fsp3) is 0.364. The molecule has 0 aromatic heterocycles. The molecule has 0 bridgehead atoms. The van der Waals surface area contributed by atoms with Gasteiger partial charge in [0.05, 0.1) is 19.8 Å². The predicted octanol–water partition coefficient (Wildman–Crippen LogP) is 2.98. The molecule has 0 radical (unpaired) electrons. The molecule has 3 nitrogen and oxygen atoms in total. The Bertz CT molecular complexity index is 399. The normalized spacial score (nSPS) is 9.93. The molecule has 0 aliphatic heterocycles. The summed E-state index contributed by atoms with van der Waals surface area (Å²) in [7, 11) is 3.08. The molecule has 15 heavy (non-hydrogen) atoms. The van der Waals surface area contributed by atoms with Crippen LogP contribution in [-0.4, -0.2) is 20.0 Å². The van der Waals surface area contributed by atoms with Crippen molar-refractivity contribution in [3.05, 3.63) is 21.7 Å². The van der Waals surface area contributed by atoms with Crippen LogP contribution in [0.3, 0.4) is 0 Å². The number of halogens is 1. The lowest BCUT2D eigenvalue weighted by Crippen LogP contribution is -2.02. The van der Waals surface area contributed by atoms with Crippen LogP contribution in [0.5, 0.6) is 11.5 Å². The van der Waals surface area contributed by atoms with Crippen molar-refractivity contribution in [1.82, 2.24) is 0 Å². The molecule has 0 fully saturated rings. The van der Waals surface area contributed by atoms with Crippen LogP contribution < -0.4 is 9.47 Å². The zero-order valence-corrected chi connectivity index (χ0v) is 10.8. The number of benzene rings is 1. The highest BCUT2D eigenvalue weighted by atomic mass is 79.9. The molecule has 1 aromatic rings. The van der Waals surface area contributed by atoms with Gasteiger partial charge in [0.15, 0.2) is 17.3 Å². The van der Waals surface area contributed by atoms with Crippen LogP contribution in [0.2, 0.25) is 0 Å². The summed E-state index contributed by atoms with van der Waals surface area (Å²) in [5, 5.41) is 0. The Morgan fingerprint density at radius 3 is 2.20 bits per heavy atom. The largest absolute Gasteiger partial charge is 0.493 e. The van der Waals surface area contributed by atoms with Crippen molar-refractivity contribution in [3.8, 4) is 11.5 Å². The highest BCUT2D eigenvalue weighted by Gasteiger charge is 2.18. The summed E-state index contributed by atoms with van der Waals surface area (Å²) in [5.74, 6) is 1.04. The molecule has 0 amide bonds. The molecule has 4 heteroatoms. The summed E-state index contributed by atoms with van der Waals surface area (Å²) in [6.45, 7) is 3.40. The second-order valence-electron chi connectivity index (χ2n) is 3.15. The van der Waals surface area contributed by atoms with Gasteiger partial charge < -0.3 is 9.47 Å². The van der Waals surface area contributed by atoms with Gasteiger partial charge in [0.1, 0.15) is 0 Å². The van der Waals surface area contributed by atoms with Crippen molar-refractivity contribution in [2.45, 2.75) is 13.8 Å². The Morgan fingerprint density at radius 1 is 1.27 bits per heavy atom. The highest BCUT2D eigenvalue weighted by Crippen LogP contribution is 2.38. The number of carbonyl (C=O) groups is 1. The quantitative estimate of drug-likeness (QED) is 0.794. The van der Waals surface area contributed by atoms with Gasteiger partial charge in [-0.05, 0) is 19.9 Å². The molecule has 0 spiro atoms. The van der Waals surface area contributed by atoms with Crippen molar-refractivity contribution in [2.24, 2.45) is 0 Å². The first-order chi connectivity index (χ1) is 7.02. The molecule has 0 aliphatic rings. The van der Waals surface area contributed by atoms with E-state index in [1.54, 1.807) is 13.2 Å². The number of ketones is 1. The molecule has 0 saturated heterocycles. The lowest BCUT2D eigenvalue weighted by molar-refractivity contribution is 0.101. The van der Waals surface area contributed by atoms with Crippen LogP contribution in [0.1, 0.15) is 22.8 Å². The summed E-state index contributed by atoms with van der Waals surface area (Å²) < 4.78 is 11.3. The van der Waals surface area contributed by atoms with Crippen molar-refractivity contribution in [1.29, 1.82) is 0 Å². The molecule has 0 atom stereocenters. The molecule has 0 saturated carbocycles. The highest BCUT2D eigenvalue weighted by molar-refractivity contribution is 9.10. The summed E-state index contributed by atoms with van der Waals surface area (Å²) in [6.07, 6.45) is 0. The second-order valence-corrected chi connectivity index (χ2v) is 4.01. The standard InChI is InChI=1S/C11H13BrO3/c1-6-9(12)5-8(7(2)13)11(15-4)10(6)14-3/h5H,1-4H3. The lowest BCUT2D eigenvalue weighted by atomic mass is 10.1. The Balaban J connectivity index is 3.54. The molecular weight excluding hydrogens is 260 g/mol. The Kier molecular flexibility index (Phi) is 3.74. The number of ether oxygens (including phenoxy) is 2. The van der Waals surface area contributed by atoms with Gasteiger partial charge in [-0.3, -0.25) is 4.79 Å². The van der Waals surface area contributed by atoms with Crippen LogP contribution in [0, 0.1) is 6.92 Å². The lowest BCUT2D eigenvalue weighted by Gasteiger charge is -2.14. The summed E-state index contributed by atoms with van der Waals surface area (Å²) in [4.78, 5) is 11.4. The zero-order chi connectivity index (χ0) is 11.6. The van der Waals surface area contributed by atoms with Gasteiger partial charge in [-0.25, -0.2) is 0 Å². The smallest absolute Gasteiger partial charge is 0.171 e. The summed E-state index contributed by atoms with van der Waals surface area (Å²) in [6, 6.07) is 1.75. The van der Waals surface area contributed by atoms with Crippen molar-refractivity contribution in [3.63, 3.8) is 0 Å². The summed E-state index contributed by atoms with van der Waals surface area (Å²) >= 11 is 3.38. The fourth-order valence-corrected chi connectivity index (χ4v) is 1.82. The van der Waals surface area contributed by atoms with Gasteiger partial charge in [-0.2, -0.15) is 0 Å². The third-order valence-electron chi connectivity index (χ3n) is 2.21. The van der Waals surface area contributed by atoms with E-state index in [1.807, 2.05) is 6.92 Å². The number of rotatable bonds is 3. The van der Waals surface area contributed by atoms with Gasteiger partial charge in [0.25, 0.3) is 0 Å². The summed E-state index contributed by atoms with van der Waals surface area (Å²) in [5.41, 5.74) is 1.44. The molecule has 1 rings (SSSR count). The van der Waals surface area contributed by atoms with Crippen LogP contribution in [0.4, 0.5) is 0 Å². The average molecular weight is 273 g/mol. The second kappa shape index (κ2) is 4.66. The van der Waals surface area contributed by atoms with Crippen LogP contribution in [-0.2, 0) is 0 Å². The third-order valence-corrected chi connectivity index (χ3v) is 3.03. The minimum Gasteiger partial charge on any atom is -0.493 e.